The number of ether oxygens (including phenoxy) is 2. The first-order valence-corrected chi connectivity index (χ1v) is 13.5. The van der Waals surface area contributed by atoms with Crippen molar-refractivity contribution >= 4 is 13.8 Å². The second kappa shape index (κ2) is 13.3. The van der Waals surface area contributed by atoms with Crippen LogP contribution in [-0.4, -0.2) is 57.0 Å². The van der Waals surface area contributed by atoms with Crippen LogP contribution >= 0.6 is 7.82 Å². The Morgan fingerprint density at radius 3 is 2.60 bits per heavy atom. The summed E-state index contributed by atoms with van der Waals surface area (Å²) >= 11 is 0. The Kier molecular flexibility index (Phi) is 10.5. The van der Waals surface area contributed by atoms with Gasteiger partial charge in [-0.3, -0.25) is 9.32 Å². The highest BCUT2D eigenvalue weighted by molar-refractivity contribution is 7.46. The van der Waals surface area contributed by atoms with Gasteiger partial charge in [0.05, 0.1) is 12.2 Å². The van der Waals surface area contributed by atoms with Gasteiger partial charge in [-0.15, -0.1) is 0 Å². The maximum Gasteiger partial charge on any atom is 0.469 e. The first kappa shape index (κ1) is 27.6. The van der Waals surface area contributed by atoms with Gasteiger partial charge in [0.15, 0.2) is 0 Å². The number of phosphoric acid groups is 1. The minimum atomic E-state index is -4.74. The molecule has 2 fully saturated rings. The molecule has 0 amide bonds. The summed E-state index contributed by atoms with van der Waals surface area (Å²) in [6.07, 6.45) is 8.49. The molecule has 9 nitrogen and oxygen atoms in total. The van der Waals surface area contributed by atoms with Gasteiger partial charge >= 0.3 is 13.8 Å². The van der Waals surface area contributed by atoms with Crippen molar-refractivity contribution in [3.8, 4) is 5.75 Å². The molecular formula is C25H35O9P. The van der Waals surface area contributed by atoms with E-state index in [9.17, 15) is 29.4 Å². The van der Waals surface area contributed by atoms with Crippen LogP contribution in [0.15, 0.2) is 54.6 Å². The highest BCUT2D eigenvalue weighted by Gasteiger charge is 2.43. The average molecular weight is 511 g/mol. The van der Waals surface area contributed by atoms with E-state index in [-0.39, 0.29) is 25.1 Å². The van der Waals surface area contributed by atoms with Gasteiger partial charge in [0.1, 0.15) is 24.6 Å². The summed E-state index contributed by atoms with van der Waals surface area (Å²) in [5.74, 6) is -0.419. The number of phosphoric ester groups is 1. The van der Waals surface area contributed by atoms with E-state index >= 15 is 0 Å². The number of hydrogen-bond acceptors (Lipinski definition) is 7. The molecule has 4 N–H and O–H groups in total. The molecule has 1 aromatic rings. The van der Waals surface area contributed by atoms with Crippen LogP contribution < -0.4 is 4.74 Å². The van der Waals surface area contributed by atoms with Crippen molar-refractivity contribution in [1.82, 2.24) is 0 Å². The number of carbonyl (C=O) groups is 1. The van der Waals surface area contributed by atoms with Gasteiger partial charge in [-0.1, -0.05) is 42.5 Å². The van der Waals surface area contributed by atoms with Crippen molar-refractivity contribution in [3.63, 3.8) is 0 Å². The van der Waals surface area contributed by atoms with E-state index in [1.165, 1.54) is 6.08 Å². The molecule has 0 aliphatic heterocycles. The molecule has 2 saturated carbocycles. The number of benzene rings is 1. The Balaban J connectivity index is 1.52. The van der Waals surface area contributed by atoms with Gasteiger partial charge < -0.3 is 29.5 Å². The van der Waals surface area contributed by atoms with E-state index in [1.54, 1.807) is 18.2 Å². The van der Waals surface area contributed by atoms with Crippen molar-refractivity contribution in [2.45, 2.75) is 69.4 Å². The minimum Gasteiger partial charge on any atom is -0.491 e. The molecule has 5 atom stereocenters. The predicted molar refractivity (Wildman–Crippen MR) is 128 cm³/mol. The Morgan fingerprint density at radius 2 is 1.91 bits per heavy atom. The van der Waals surface area contributed by atoms with Gasteiger partial charge in [0.25, 0.3) is 0 Å². The molecule has 0 radical (unpaired) electrons. The van der Waals surface area contributed by atoms with Crippen molar-refractivity contribution in [3.05, 3.63) is 54.6 Å². The summed E-state index contributed by atoms with van der Waals surface area (Å²) in [5.41, 5.74) is 0. The SMILES string of the molecule is O=C(CCCC=CC[C@@H]1[C@@H](C=C[C@@H](O)COc2ccccc2)[C@H](O)C[C@@H]1OP(=O)(O)O)OC1CC1. The summed E-state index contributed by atoms with van der Waals surface area (Å²) in [7, 11) is -4.74. The molecule has 10 heteroatoms. The molecule has 0 saturated heterocycles. The lowest BCUT2D eigenvalue weighted by Gasteiger charge is -2.23. The fourth-order valence-corrected chi connectivity index (χ4v) is 4.75. The highest BCUT2D eigenvalue weighted by Crippen LogP contribution is 2.47. The lowest BCUT2D eigenvalue weighted by Crippen LogP contribution is -2.22. The molecule has 0 bridgehead atoms. The lowest BCUT2D eigenvalue weighted by molar-refractivity contribution is -0.144. The van der Waals surface area contributed by atoms with Gasteiger partial charge in [-0.05, 0) is 50.2 Å². The first-order valence-electron chi connectivity index (χ1n) is 12.0. The lowest BCUT2D eigenvalue weighted by atomic mass is 9.89. The summed E-state index contributed by atoms with van der Waals surface area (Å²) < 4.78 is 27.2. The molecule has 0 spiro atoms. The summed E-state index contributed by atoms with van der Waals surface area (Å²) in [6.45, 7) is 0.0273. The van der Waals surface area contributed by atoms with E-state index in [0.29, 0.717) is 31.4 Å². The van der Waals surface area contributed by atoms with Crippen LogP contribution in [0.2, 0.25) is 0 Å². The minimum absolute atomic E-state index is 0.0273. The Morgan fingerprint density at radius 1 is 1.17 bits per heavy atom. The van der Waals surface area contributed by atoms with Crippen LogP contribution in [0.4, 0.5) is 0 Å². The monoisotopic (exact) mass is 510 g/mol. The Bertz CT molecular complexity index is 893. The third kappa shape index (κ3) is 10.3. The second-order valence-electron chi connectivity index (χ2n) is 9.04. The summed E-state index contributed by atoms with van der Waals surface area (Å²) in [6, 6.07) is 9.06. The molecule has 3 rings (SSSR count). The smallest absolute Gasteiger partial charge is 0.469 e. The van der Waals surface area contributed by atoms with E-state index < -0.39 is 38.0 Å². The van der Waals surface area contributed by atoms with Gasteiger partial charge in [0.2, 0.25) is 0 Å². The normalized spacial score (nSPS) is 25.8. The van der Waals surface area contributed by atoms with Crippen LogP contribution in [0.3, 0.4) is 0 Å². The van der Waals surface area contributed by atoms with Crippen LogP contribution in [0.25, 0.3) is 0 Å². The third-order valence-corrected chi connectivity index (χ3v) is 6.58. The zero-order valence-corrected chi connectivity index (χ0v) is 20.5. The Labute approximate surface area is 205 Å². The highest BCUT2D eigenvalue weighted by atomic mass is 31.2. The van der Waals surface area contributed by atoms with Gasteiger partial charge in [0, 0.05) is 18.8 Å². The number of esters is 1. The predicted octanol–water partition coefficient (Wildman–Crippen LogP) is 3.28. The van der Waals surface area contributed by atoms with E-state index in [0.717, 1.165) is 12.8 Å². The molecular weight excluding hydrogens is 475 g/mol. The number of hydrogen-bond donors (Lipinski definition) is 4. The number of aliphatic hydroxyl groups is 2. The number of unbranched alkanes of at least 4 members (excludes halogenated alkanes) is 1. The summed E-state index contributed by atoms with van der Waals surface area (Å²) in [5, 5.41) is 20.8. The van der Waals surface area contributed by atoms with Crippen LogP contribution in [0.5, 0.6) is 5.75 Å². The molecule has 194 valence electrons. The van der Waals surface area contributed by atoms with Crippen LogP contribution in [0, 0.1) is 11.8 Å². The fraction of sp³-hybridized carbons (Fsp3) is 0.560. The topological polar surface area (TPSA) is 143 Å². The zero-order valence-electron chi connectivity index (χ0n) is 19.6. The number of aliphatic hydroxyl groups excluding tert-OH is 2. The number of rotatable bonds is 14. The van der Waals surface area contributed by atoms with E-state index in [1.807, 2.05) is 30.4 Å². The second-order valence-corrected chi connectivity index (χ2v) is 10.2. The number of carbonyl (C=O) groups excluding carboxylic acids is 1. The van der Waals surface area contributed by atoms with Crippen molar-refractivity contribution in [2.75, 3.05) is 6.61 Å². The molecule has 1 aromatic carbocycles. The largest absolute Gasteiger partial charge is 0.491 e. The van der Waals surface area contributed by atoms with Gasteiger partial charge in [-0.2, -0.15) is 0 Å². The standard InChI is InChI=1S/C25H35O9P/c26-18(17-32-19-8-4-3-5-9-19)12-15-21-22(24(16-23(21)27)34-35(29,30)31)10-6-1-2-7-11-25(28)33-20-13-14-20/h1,3-6,8-9,12,15,18,20-24,26-27H,2,7,10-11,13-14,16-17H2,(H2,29,30,31)/t18-,21-,22-,23-,24+/m1/s1. The molecule has 0 aromatic heterocycles. The molecule has 2 aliphatic rings. The third-order valence-electron chi connectivity index (χ3n) is 6.03. The zero-order chi connectivity index (χ0) is 25.3. The summed E-state index contributed by atoms with van der Waals surface area (Å²) in [4.78, 5) is 30.2. The Hall–Kier alpha value is -2.00. The van der Waals surface area contributed by atoms with Crippen molar-refractivity contribution in [1.29, 1.82) is 0 Å². The van der Waals surface area contributed by atoms with Crippen molar-refractivity contribution < 1.29 is 43.4 Å². The molecule has 0 heterocycles. The molecule has 2 aliphatic carbocycles. The molecule has 35 heavy (non-hydrogen) atoms. The van der Waals surface area contributed by atoms with E-state index in [4.69, 9.17) is 14.0 Å². The number of para-hydroxylation sites is 1. The van der Waals surface area contributed by atoms with Crippen molar-refractivity contribution in [2.24, 2.45) is 11.8 Å². The maximum absolute atomic E-state index is 11.6. The number of allylic oxidation sites excluding steroid dienone is 2. The van der Waals surface area contributed by atoms with Crippen LogP contribution in [0.1, 0.15) is 44.9 Å². The van der Waals surface area contributed by atoms with Gasteiger partial charge in [-0.25, -0.2) is 4.57 Å². The first-order chi connectivity index (χ1) is 16.7. The molecule has 0 unspecified atom stereocenters. The van der Waals surface area contributed by atoms with Crippen LogP contribution in [-0.2, 0) is 18.6 Å². The van der Waals surface area contributed by atoms with E-state index in [2.05, 4.69) is 0 Å². The maximum atomic E-state index is 11.6. The fourth-order valence-electron chi connectivity index (χ4n) is 4.16. The quantitative estimate of drug-likeness (QED) is 0.128. The average Bonchev–Trinajstić information content (AvgIpc) is 3.56.